The van der Waals surface area contributed by atoms with E-state index in [4.69, 9.17) is 4.42 Å². The molecule has 4 heteroatoms. The summed E-state index contributed by atoms with van der Waals surface area (Å²) in [7, 11) is 0. The number of furan rings is 1. The first-order valence-electron chi connectivity index (χ1n) is 20.5. The molecule has 0 atom stereocenters. The van der Waals surface area contributed by atoms with Gasteiger partial charge in [0.25, 0.3) is 0 Å². The van der Waals surface area contributed by atoms with Crippen LogP contribution in [-0.4, -0.2) is 13.7 Å². The van der Waals surface area contributed by atoms with Gasteiger partial charge in [-0.05, 0) is 89.5 Å². The van der Waals surface area contributed by atoms with Crippen molar-refractivity contribution in [3.8, 4) is 39.3 Å². The smallest absolute Gasteiger partial charge is 0.213 e. The molecule has 280 valence electrons. The molecular formula is C56H35N3O. The van der Waals surface area contributed by atoms with E-state index < -0.39 is 0 Å². The number of hydrogen-bond donors (Lipinski definition) is 0. The Morgan fingerprint density at radius 3 is 1.58 bits per heavy atom. The number of hydrogen-bond acceptors (Lipinski definition) is 1. The fraction of sp³-hybridized carbons (Fsp3) is 0. The Morgan fingerprint density at radius 2 is 0.833 bits per heavy atom. The molecule has 60 heavy (non-hydrogen) atoms. The van der Waals surface area contributed by atoms with Gasteiger partial charge in [0.05, 0.1) is 33.0 Å². The highest BCUT2D eigenvalue weighted by molar-refractivity contribution is 6.22. The van der Waals surface area contributed by atoms with Crippen LogP contribution in [-0.2, 0) is 0 Å². The van der Waals surface area contributed by atoms with E-state index >= 15 is 0 Å². The van der Waals surface area contributed by atoms with E-state index in [2.05, 4.69) is 220 Å². The molecule has 0 bridgehead atoms. The lowest BCUT2D eigenvalue weighted by atomic mass is 10.0. The summed E-state index contributed by atoms with van der Waals surface area (Å²) >= 11 is 0. The fourth-order valence-corrected chi connectivity index (χ4v) is 9.82. The highest BCUT2D eigenvalue weighted by Gasteiger charge is 2.22. The predicted octanol–water partition coefficient (Wildman–Crippen LogP) is 15.1. The maximum absolute atomic E-state index is 6.63. The average molecular weight is 766 g/mol. The molecule has 4 aromatic heterocycles. The van der Waals surface area contributed by atoms with Gasteiger partial charge in [0.1, 0.15) is 5.58 Å². The predicted molar refractivity (Wildman–Crippen MR) is 250 cm³/mol. The normalized spacial score (nSPS) is 12.0. The molecule has 13 aromatic rings. The van der Waals surface area contributed by atoms with Gasteiger partial charge in [0.15, 0.2) is 0 Å². The number of rotatable bonds is 5. The van der Waals surface area contributed by atoms with Gasteiger partial charge in [-0.2, -0.15) is 0 Å². The minimum atomic E-state index is 0.863. The van der Waals surface area contributed by atoms with Crippen molar-refractivity contribution in [2.45, 2.75) is 0 Å². The molecule has 4 nitrogen and oxygen atoms in total. The Morgan fingerprint density at radius 1 is 0.300 bits per heavy atom. The van der Waals surface area contributed by atoms with Crippen molar-refractivity contribution in [2.75, 3.05) is 0 Å². The Hall–Kier alpha value is -8.08. The Balaban J connectivity index is 1.02. The van der Waals surface area contributed by atoms with Crippen LogP contribution in [0.2, 0.25) is 0 Å². The molecule has 0 aliphatic heterocycles. The van der Waals surface area contributed by atoms with Crippen LogP contribution in [0.25, 0.3) is 116 Å². The molecule has 0 aliphatic rings. The third-order valence-corrected chi connectivity index (χ3v) is 12.5. The summed E-state index contributed by atoms with van der Waals surface area (Å²) in [5.41, 5.74) is 15.7. The highest BCUT2D eigenvalue weighted by Crippen LogP contribution is 2.44. The maximum atomic E-state index is 6.63. The SMILES string of the molecule is c1ccc(-c2ccc3c(c2)c2cc(-n4c5ccccc5c5ccccc54)ccc2n3-c2ccc(-c3cccc4c5c6ccccc6oc5n(-c5ccccc5)c34)cc2)cc1. The number of fused-ring (bicyclic) bond motifs is 11. The van der Waals surface area contributed by atoms with Crippen molar-refractivity contribution >= 4 is 76.6 Å². The van der Waals surface area contributed by atoms with Crippen molar-refractivity contribution in [1.82, 2.24) is 13.7 Å². The van der Waals surface area contributed by atoms with Gasteiger partial charge in [0, 0.05) is 54.9 Å². The van der Waals surface area contributed by atoms with E-state index in [0.717, 1.165) is 55.8 Å². The lowest BCUT2D eigenvalue weighted by molar-refractivity contribution is 0.645. The molecule has 4 heterocycles. The van der Waals surface area contributed by atoms with Crippen LogP contribution in [0.15, 0.2) is 217 Å². The van der Waals surface area contributed by atoms with Crippen LogP contribution in [0.5, 0.6) is 0 Å². The standard InChI is InChI=1S/C56H35N3O/c1-3-14-36(15-4-1)38-28-32-51-47(34-38)48-35-41(58-49-23-10-7-18-43(49)44-19-8-11-24-50(44)58)31-33-52(48)57(51)40-29-26-37(27-30-40)42-21-13-22-46-54-45-20-9-12-25-53(45)60-56(54)59(55(42)46)39-16-5-2-6-17-39/h1-35H. The van der Waals surface area contributed by atoms with Crippen molar-refractivity contribution in [3.63, 3.8) is 0 Å². The highest BCUT2D eigenvalue weighted by atomic mass is 16.3. The van der Waals surface area contributed by atoms with E-state index in [0.29, 0.717) is 0 Å². The summed E-state index contributed by atoms with van der Waals surface area (Å²) in [4.78, 5) is 0. The number of nitrogens with zero attached hydrogens (tertiary/aromatic N) is 3. The van der Waals surface area contributed by atoms with Crippen molar-refractivity contribution in [1.29, 1.82) is 0 Å². The van der Waals surface area contributed by atoms with E-state index in [1.807, 2.05) is 6.07 Å². The number of para-hydroxylation sites is 5. The Kier molecular flexibility index (Phi) is 6.98. The second kappa shape index (κ2) is 12.7. The van der Waals surface area contributed by atoms with Crippen LogP contribution in [0.3, 0.4) is 0 Å². The first-order chi connectivity index (χ1) is 29.8. The van der Waals surface area contributed by atoms with E-state index in [-0.39, 0.29) is 0 Å². The molecule has 13 rings (SSSR count). The molecule has 0 N–H and O–H groups in total. The van der Waals surface area contributed by atoms with Crippen molar-refractivity contribution in [3.05, 3.63) is 212 Å². The molecule has 0 saturated carbocycles. The third-order valence-electron chi connectivity index (χ3n) is 12.5. The fourth-order valence-electron chi connectivity index (χ4n) is 9.82. The molecule has 0 amide bonds. The van der Waals surface area contributed by atoms with Gasteiger partial charge >= 0.3 is 0 Å². The van der Waals surface area contributed by atoms with E-state index in [1.165, 1.54) is 60.1 Å². The monoisotopic (exact) mass is 765 g/mol. The Bertz CT molecular complexity index is 3750. The van der Waals surface area contributed by atoms with Gasteiger partial charge in [0.2, 0.25) is 5.71 Å². The summed E-state index contributed by atoms with van der Waals surface area (Å²) < 4.78 is 13.8. The number of benzene rings is 9. The zero-order valence-corrected chi connectivity index (χ0v) is 32.5. The minimum Gasteiger partial charge on any atom is -0.439 e. The summed E-state index contributed by atoms with van der Waals surface area (Å²) in [6.07, 6.45) is 0. The van der Waals surface area contributed by atoms with Gasteiger partial charge in [-0.15, -0.1) is 0 Å². The summed E-state index contributed by atoms with van der Waals surface area (Å²) in [5.74, 6) is 0. The molecule has 0 unspecified atom stereocenters. The lowest BCUT2D eigenvalue weighted by Crippen LogP contribution is -1.96. The van der Waals surface area contributed by atoms with Gasteiger partial charge in [-0.1, -0.05) is 140 Å². The molecular weight excluding hydrogens is 731 g/mol. The topological polar surface area (TPSA) is 27.9 Å². The molecule has 0 saturated heterocycles. The first kappa shape index (κ1) is 32.9. The van der Waals surface area contributed by atoms with Crippen LogP contribution in [0, 0.1) is 0 Å². The summed E-state index contributed by atoms with van der Waals surface area (Å²) in [6.45, 7) is 0. The average Bonchev–Trinajstić information content (AvgIpc) is 4.05. The lowest BCUT2D eigenvalue weighted by Gasteiger charge is -2.13. The first-order valence-corrected chi connectivity index (χ1v) is 20.5. The quantitative estimate of drug-likeness (QED) is 0.171. The van der Waals surface area contributed by atoms with Crippen LogP contribution in [0.4, 0.5) is 0 Å². The second-order valence-electron chi connectivity index (χ2n) is 15.7. The van der Waals surface area contributed by atoms with Gasteiger partial charge in [-0.3, -0.25) is 4.57 Å². The van der Waals surface area contributed by atoms with E-state index in [9.17, 15) is 0 Å². The third kappa shape index (κ3) is 4.73. The number of aromatic nitrogens is 3. The molecule has 0 spiro atoms. The molecule has 0 aliphatic carbocycles. The van der Waals surface area contributed by atoms with Crippen LogP contribution in [0.1, 0.15) is 0 Å². The maximum Gasteiger partial charge on any atom is 0.213 e. The summed E-state index contributed by atoms with van der Waals surface area (Å²) in [6, 6.07) is 76.7. The van der Waals surface area contributed by atoms with E-state index in [1.54, 1.807) is 0 Å². The second-order valence-corrected chi connectivity index (χ2v) is 15.7. The minimum absolute atomic E-state index is 0.863. The zero-order valence-electron chi connectivity index (χ0n) is 32.5. The largest absolute Gasteiger partial charge is 0.439 e. The Labute approximate surface area is 345 Å². The van der Waals surface area contributed by atoms with Crippen molar-refractivity contribution < 1.29 is 4.42 Å². The summed E-state index contributed by atoms with van der Waals surface area (Å²) in [5, 5.41) is 8.40. The van der Waals surface area contributed by atoms with Crippen LogP contribution >= 0.6 is 0 Å². The molecule has 0 radical (unpaired) electrons. The van der Waals surface area contributed by atoms with Gasteiger partial charge < -0.3 is 13.6 Å². The van der Waals surface area contributed by atoms with Gasteiger partial charge in [-0.25, -0.2) is 0 Å². The molecule has 9 aromatic carbocycles. The zero-order chi connectivity index (χ0) is 39.3. The van der Waals surface area contributed by atoms with Crippen molar-refractivity contribution in [2.24, 2.45) is 0 Å². The molecule has 0 fully saturated rings. The van der Waals surface area contributed by atoms with Crippen LogP contribution < -0.4 is 0 Å².